The molecule has 1 aromatic heterocycles. The molecule has 0 unspecified atom stereocenters. The van der Waals surface area contributed by atoms with E-state index >= 15 is 0 Å². The van der Waals surface area contributed by atoms with Crippen molar-refractivity contribution in [2.45, 2.75) is 24.8 Å². The lowest BCUT2D eigenvalue weighted by Crippen LogP contribution is -2.27. The molecular weight excluding hydrogens is 286 g/mol. The molecule has 1 aromatic carbocycles. The van der Waals surface area contributed by atoms with Gasteiger partial charge in [0.2, 0.25) is 5.91 Å². The standard InChI is InChI=1S/C15H17N3O2S/c1-3-11-8-15(20)18(10-16-11)9-14(19)17-12-4-6-13(21-2)7-5-12/h4-8,10H,3,9H2,1-2H3,(H,17,19). The molecule has 0 fully saturated rings. The van der Waals surface area contributed by atoms with Crippen LogP contribution in [-0.4, -0.2) is 21.7 Å². The molecule has 0 spiro atoms. The van der Waals surface area contributed by atoms with Gasteiger partial charge in [0.25, 0.3) is 5.56 Å². The van der Waals surface area contributed by atoms with E-state index in [1.54, 1.807) is 11.8 Å². The number of aryl methyl sites for hydroxylation is 1. The highest BCUT2D eigenvalue weighted by atomic mass is 32.2. The summed E-state index contributed by atoms with van der Waals surface area (Å²) in [7, 11) is 0. The van der Waals surface area contributed by atoms with Crippen LogP contribution in [0.1, 0.15) is 12.6 Å². The van der Waals surface area contributed by atoms with E-state index in [0.29, 0.717) is 12.1 Å². The van der Waals surface area contributed by atoms with Crippen molar-refractivity contribution >= 4 is 23.4 Å². The number of nitrogens with one attached hydrogen (secondary N) is 1. The largest absolute Gasteiger partial charge is 0.325 e. The van der Waals surface area contributed by atoms with Gasteiger partial charge in [-0.3, -0.25) is 14.2 Å². The number of benzene rings is 1. The minimum atomic E-state index is -0.250. The zero-order valence-electron chi connectivity index (χ0n) is 12.0. The maximum absolute atomic E-state index is 11.9. The van der Waals surface area contributed by atoms with Crippen LogP contribution in [0.4, 0.5) is 5.69 Å². The smallest absolute Gasteiger partial charge is 0.253 e. The van der Waals surface area contributed by atoms with Crippen molar-refractivity contribution in [2.24, 2.45) is 0 Å². The number of hydrogen-bond donors (Lipinski definition) is 1. The SMILES string of the molecule is CCc1cc(=O)n(CC(=O)Nc2ccc(SC)cc2)cn1. The van der Waals surface area contributed by atoms with E-state index < -0.39 is 0 Å². The molecule has 6 heteroatoms. The zero-order chi connectivity index (χ0) is 15.2. The van der Waals surface area contributed by atoms with Gasteiger partial charge in [-0.15, -0.1) is 11.8 Å². The van der Waals surface area contributed by atoms with Gasteiger partial charge in [-0.2, -0.15) is 0 Å². The number of carbonyl (C=O) groups excluding carboxylic acids is 1. The number of aromatic nitrogens is 2. The van der Waals surface area contributed by atoms with E-state index in [2.05, 4.69) is 10.3 Å². The number of thioether (sulfide) groups is 1. The second kappa shape index (κ2) is 7.08. The number of amides is 1. The van der Waals surface area contributed by atoms with E-state index in [-0.39, 0.29) is 18.0 Å². The van der Waals surface area contributed by atoms with Crippen LogP contribution in [0.2, 0.25) is 0 Å². The van der Waals surface area contributed by atoms with Crippen LogP contribution in [0.3, 0.4) is 0 Å². The lowest BCUT2D eigenvalue weighted by Gasteiger charge is -2.08. The normalized spacial score (nSPS) is 10.4. The Kier molecular flexibility index (Phi) is 5.16. The Hall–Kier alpha value is -2.08. The third-order valence-electron chi connectivity index (χ3n) is 2.99. The van der Waals surface area contributed by atoms with Crippen LogP contribution in [-0.2, 0) is 17.8 Å². The maximum atomic E-state index is 11.9. The quantitative estimate of drug-likeness (QED) is 0.860. The molecule has 0 bridgehead atoms. The lowest BCUT2D eigenvalue weighted by atomic mass is 10.3. The third-order valence-corrected chi connectivity index (χ3v) is 3.73. The molecule has 0 aliphatic heterocycles. The first kappa shape index (κ1) is 15.3. The summed E-state index contributed by atoms with van der Waals surface area (Å²) in [6.07, 6.45) is 4.11. The Morgan fingerprint density at radius 1 is 1.33 bits per heavy atom. The summed E-state index contributed by atoms with van der Waals surface area (Å²) in [6.45, 7) is 1.89. The molecule has 0 saturated heterocycles. The Balaban J connectivity index is 2.02. The molecule has 0 saturated carbocycles. The summed E-state index contributed by atoms with van der Waals surface area (Å²) >= 11 is 1.64. The van der Waals surface area contributed by atoms with Gasteiger partial charge in [0.05, 0.1) is 6.33 Å². The first-order valence-electron chi connectivity index (χ1n) is 6.61. The summed E-state index contributed by atoms with van der Waals surface area (Å²) in [5.74, 6) is -0.250. The molecule has 110 valence electrons. The fraction of sp³-hybridized carbons (Fsp3) is 0.267. The summed E-state index contributed by atoms with van der Waals surface area (Å²) in [6, 6.07) is 9.00. The van der Waals surface area contributed by atoms with Crippen molar-refractivity contribution in [3.8, 4) is 0 Å². The monoisotopic (exact) mass is 303 g/mol. The van der Waals surface area contributed by atoms with Crippen LogP contribution in [0.15, 0.2) is 46.3 Å². The van der Waals surface area contributed by atoms with E-state index in [4.69, 9.17) is 0 Å². The lowest BCUT2D eigenvalue weighted by molar-refractivity contribution is -0.116. The van der Waals surface area contributed by atoms with Crippen molar-refractivity contribution in [1.82, 2.24) is 9.55 Å². The van der Waals surface area contributed by atoms with Gasteiger partial charge in [-0.05, 0) is 36.9 Å². The van der Waals surface area contributed by atoms with Gasteiger partial charge < -0.3 is 5.32 Å². The van der Waals surface area contributed by atoms with Gasteiger partial charge in [-0.25, -0.2) is 4.98 Å². The first-order chi connectivity index (χ1) is 10.1. The van der Waals surface area contributed by atoms with Crippen LogP contribution in [0, 0.1) is 0 Å². The Morgan fingerprint density at radius 2 is 2.05 bits per heavy atom. The molecule has 0 aliphatic rings. The molecule has 5 nitrogen and oxygen atoms in total. The molecule has 2 rings (SSSR count). The van der Waals surface area contributed by atoms with E-state index in [0.717, 1.165) is 10.6 Å². The van der Waals surface area contributed by atoms with Gasteiger partial charge in [-0.1, -0.05) is 6.92 Å². The fourth-order valence-corrected chi connectivity index (χ4v) is 2.21. The molecule has 21 heavy (non-hydrogen) atoms. The number of anilines is 1. The highest BCUT2D eigenvalue weighted by Gasteiger charge is 2.06. The molecule has 1 amide bonds. The number of rotatable bonds is 5. The Bertz CT molecular complexity index is 680. The Labute approximate surface area is 127 Å². The molecule has 0 radical (unpaired) electrons. The van der Waals surface area contributed by atoms with Gasteiger partial charge in [0, 0.05) is 22.3 Å². The zero-order valence-corrected chi connectivity index (χ0v) is 12.8. The van der Waals surface area contributed by atoms with Crippen LogP contribution in [0.5, 0.6) is 0 Å². The van der Waals surface area contributed by atoms with Crippen molar-refractivity contribution < 1.29 is 4.79 Å². The van der Waals surface area contributed by atoms with Crippen LogP contribution >= 0.6 is 11.8 Å². The average Bonchev–Trinajstić information content (AvgIpc) is 2.50. The van der Waals surface area contributed by atoms with Gasteiger partial charge in [0.15, 0.2) is 0 Å². The minimum Gasteiger partial charge on any atom is -0.325 e. The predicted molar refractivity (Wildman–Crippen MR) is 84.7 cm³/mol. The van der Waals surface area contributed by atoms with Crippen LogP contribution < -0.4 is 10.9 Å². The second-order valence-electron chi connectivity index (χ2n) is 4.48. The summed E-state index contributed by atoms with van der Waals surface area (Å²) in [5.41, 5.74) is 1.23. The van der Waals surface area contributed by atoms with Crippen LogP contribution in [0.25, 0.3) is 0 Å². The van der Waals surface area contributed by atoms with E-state index in [1.165, 1.54) is 17.0 Å². The Morgan fingerprint density at radius 3 is 2.62 bits per heavy atom. The van der Waals surface area contributed by atoms with Crippen molar-refractivity contribution in [3.05, 3.63) is 52.7 Å². The molecule has 0 aliphatic carbocycles. The van der Waals surface area contributed by atoms with Crippen molar-refractivity contribution in [3.63, 3.8) is 0 Å². The summed E-state index contributed by atoms with van der Waals surface area (Å²) in [4.78, 5) is 29.0. The van der Waals surface area contributed by atoms with Gasteiger partial charge >= 0.3 is 0 Å². The van der Waals surface area contributed by atoms with Crippen molar-refractivity contribution in [2.75, 3.05) is 11.6 Å². The van der Waals surface area contributed by atoms with Gasteiger partial charge in [0.1, 0.15) is 6.54 Å². The average molecular weight is 303 g/mol. The molecule has 1 N–H and O–H groups in total. The minimum absolute atomic E-state index is 0.0416. The van der Waals surface area contributed by atoms with Crippen molar-refractivity contribution in [1.29, 1.82) is 0 Å². The number of nitrogens with zero attached hydrogens (tertiary/aromatic N) is 2. The number of hydrogen-bond acceptors (Lipinski definition) is 4. The fourth-order valence-electron chi connectivity index (χ4n) is 1.81. The van der Waals surface area contributed by atoms with E-state index in [1.807, 2.05) is 37.4 Å². The summed E-state index contributed by atoms with van der Waals surface area (Å²) < 4.78 is 1.30. The molecule has 1 heterocycles. The number of carbonyl (C=O) groups is 1. The second-order valence-corrected chi connectivity index (χ2v) is 5.36. The van der Waals surface area contributed by atoms with E-state index in [9.17, 15) is 9.59 Å². The summed E-state index contributed by atoms with van der Waals surface area (Å²) in [5, 5.41) is 2.76. The molecule has 0 atom stereocenters. The predicted octanol–water partition coefficient (Wildman–Crippen LogP) is 2.17. The maximum Gasteiger partial charge on any atom is 0.253 e. The molecule has 2 aromatic rings. The first-order valence-corrected chi connectivity index (χ1v) is 7.84. The highest BCUT2D eigenvalue weighted by Crippen LogP contribution is 2.17. The topological polar surface area (TPSA) is 64.0 Å². The molecular formula is C15H17N3O2S. The highest BCUT2D eigenvalue weighted by molar-refractivity contribution is 7.98. The third kappa shape index (κ3) is 4.19.